The minimum Gasteiger partial charge on any atom is -0.352 e. The predicted molar refractivity (Wildman–Crippen MR) is 60.7 cm³/mol. The van der Waals surface area contributed by atoms with Crippen LogP contribution < -0.4 is 10.6 Å². The Hall–Kier alpha value is -1.22. The van der Waals surface area contributed by atoms with Gasteiger partial charge >= 0.3 is 0 Å². The molecule has 76 valence electrons. The van der Waals surface area contributed by atoms with E-state index in [2.05, 4.69) is 39.9 Å². The topological polar surface area (TPSA) is 36.4 Å². The van der Waals surface area contributed by atoms with Crippen molar-refractivity contribution in [2.75, 3.05) is 7.05 Å². The molecule has 0 radical (unpaired) electrons. The maximum Gasteiger partial charge on any atom is 0.191 e. The van der Waals surface area contributed by atoms with Gasteiger partial charge in [-0.05, 0) is 11.1 Å². The third kappa shape index (κ3) is 2.17. The lowest BCUT2D eigenvalue weighted by atomic mass is 10.1. The van der Waals surface area contributed by atoms with Crippen molar-refractivity contribution in [2.45, 2.75) is 13.1 Å². The Bertz CT molecular complexity index is 307. The number of hydrogen-bond acceptors (Lipinski definition) is 1. The van der Waals surface area contributed by atoms with E-state index in [1.165, 1.54) is 11.1 Å². The van der Waals surface area contributed by atoms with Gasteiger partial charge in [-0.2, -0.15) is 0 Å². The van der Waals surface area contributed by atoms with Crippen LogP contribution in [0, 0.1) is 0 Å². The second kappa shape index (κ2) is 4.86. The van der Waals surface area contributed by atoms with E-state index in [1.54, 1.807) is 7.05 Å². The number of benzene rings is 1. The van der Waals surface area contributed by atoms with Crippen molar-refractivity contribution >= 4 is 18.4 Å². The van der Waals surface area contributed by atoms with Crippen LogP contribution in [-0.2, 0) is 13.1 Å². The molecule has 0 aliphatic carbocycles. The standard InChI is InChI=1S/C10H13N3.ClH/c1-11-10-12-6-8-4-2-3-5-9(8)7-13-10;/h2-5H,6-7H2,1H3,(H2,11,12,13);1H. The molecule has 0 fully saturated rings. The fraction of sp³-hybridized carbons (Fsp3) is 0.300. The molecule has 4 heteroatoms. The van der Waals surface area contributed by atoms with E-state index in [1.807, 2.05) is 0 Å². The van der Waals surface area contributed by atoms with Crippen molar-refractivity contribution in [3.63, 3.8) is 0 Å². The number of aliphatic imine (C=N–C) groups is 1. The first-order valence-electron chi connectivity index (χ1n) is 4.41. The van der Waals surface area contributed by atoms with Crippen molar-refractivity contribution in [2.24, 2.45) is 4.99 Å². The van der Waals surface area contributed by atoms with E-state index >= 15 is 0 Å². The van der Waals surface area contributed by atoms with E-state index in [-0.39, 0.29) is 12.4 Å². The summed E-state index contributed by atoms with van der Waals surface area (Å²) in [6, 6.07) is 8.41. The Morgan fingerprint density at radius 2 is 1.57 bits per heavy atom. The van der Waals surface area contributed by atoms with Crippen LogP contribution in [-0.4, -0.2) is 13.0 Å². The number of guanidine groups is 1. The van der Waals surface area contributed by atoms with Gasteiger partial charge in [0.15, 0.2) is 5.96 Å². The predicted octanol–water partition coefficient (Wildman–Crippen LogP) is 1.29. The molecule has 0 atom stereocenters. The number of nitrogens with zero attached hydrogens (tertiary/aromatic N) is 1. The largest absolute Gasteiger partial charge is 0.352 e. The van der Waals surface area contributed by atoms with Gasteiger partial charge in [-0.25, -0.2) is 0 Å². The fourth-order valence-corrected chi connectivity index (χ4v) is 1.48. The smallest absolute Gasteiger partial charge is 0.191 e. The Kier molecular flexibility index (Phi) is 3.77. The highest BCUT2D eigenvalue weighted by molar-refractivity contribution is 5.85. The fourth-order valence-electron chi connectivity index (χ4n) is 1.48. The van der Waals surface area contributed by atoms with Crippen LogP contribution in [0.15, 0.2) is 29.3 Å². The molecule has 3 nitrogen and oxygen atoms in total. The maximum absolute atomic E-state index is 4.08. The number of hydrogen-bond donors (Lipinski definition) is 2. The third-order valence-corrected chi connectivity index (χ3v) is 2.23. The highest BCUT2D eigenvalue weighted by Crippen LogP contribution is 2.09. The van der Waals surface area contributed by atoms with Gasteiger partial charge in [0, 0.05) is 20.1 Å². The SMILES string of the molecule is CN=C1NCc2ccccc2CN1.Cl. The summed E-state index contributed by atoms with van der Waals surface area (Å²) in [5, 5.41) is 6.45. The summed E-state index contributed by atoms with van der Waals surface area (Å²) in [6.45, 7) is 1.71. The molecular formula is C10H14ClN3. The Labute approximate surface area is 90.0 Å². The van der Waals surface area contributed by atoms with Crippen LogP contribution in [0.25, 0.3) is 0 Å². The molecule has 0 saturated heterocycles. The highest BCUT2D eigenvalue weighted by atomic mass is 35.5. The average Bonchev–Trinajstić information content (AvgIpc) is 2.39. The first-order valence-corrected chi connectivity index (χ1v) is 4.41. The van der Waals surface area contributed by atoms with E-state index in [4.69, 9.17) is 0 Å². The van der Waals surface area contributed by atoms with Crippen LogP contribution in [0.4, 0.5) is 0 Å². The third-order valence-electron chi connectivity index (χ3n) is 2.23. The number of fused-ring (bicyclic) bond motifs is 1. The van der Waals surface area contributed by atoms with Crippen LogP contribution in [0.3, 0.4) is 0 Å². The van der Waals surface area contributed by atoms with Crippen LogP contribution in [0.5, 0.6) is 0 Å². The molecule has 1 aliphatic heterocycles. The van der Waals surface area contributed by atoms with Crippen LogP contribution in [0.2, 0.25) is 0 Å². The molecule has 0 spiro atoms. The first kappa shape index (κ1) is 10.9. The van der Waals surface area contributed by atoms with Gasteiger partial charge in [0.1, 0.15) is 0 Å². The summed E-state index contributed by atoms with van der Waals surface area (Å²) in [5.74, 6) is 0.871. The maximum atomic E-state index is 4.08. The van der Waals surface area contributed by atoms with Crippen molar-refractivity contribution < 1.29 is 0 Å². The van der Waals surface area contributed by atoms with Crippen molar-refractivity contribution in [1.29, 1.82) is 0 Å². The van der Waals surface area contributed by atoms with E-state index in [0.29, 0.717) is 0 Å². The highest BCUT2D eigenvalue weighted by Gasteiger charge is 2.07. The lowest BCUT2D eigenvalue weighted by Crippen LogP contribution is -2.33. The first-order chi connectivity index (χ1) is 6.40. The van der Waals surface area contributed by atoms with Gasteiger partial charge in [0.05, 0.1) is 0 Å². The van der Waals surface area contributed by atoms with Crippen molar-refractivity contribution in [3.8, 4) is 0 Å². The molecule has 0 unspecified atom stereocenters. The summed E-state index contributed by atoms with van der Waals surface area (Å²) >= 11 is 0. The van der Waals surface area contributed by atoms with E-state index < -0.39 is 0 Å². The Balaban J connectivity index is 0.000000980. The number of nitrogens with one attached hydrogen (secondary N) is 2. The summed E-state index contributed by atoms with van der Waals surface area (Å²) in [7, 11) is 1.78. The molecule has 14 heavy (non-hydrogen) atoms. The van der Waals surface area contributed by atoms with Gasteiger partial charge in [-0.3, -0.25) is 4.99 Å². The zero-order chi connectivity index (χ0) is 9.10. The monoisotopic (exact) mass is 211 g/mol. The molecule has 1 aliphatic rings. The second-order valence-corrected chi connectivity index (χ2v) is 3.05. The summed E-state index contributed by atoms with van der Waals surface area (Å²) < 4.78 is 0. The summed E-state index contributed by atoms with van der Waals surface area (Å²) in [5.41, 5.74) is 2.68. The molecule has 1 heterocycles. The molecule has 2 N–H and O–H groups in total. The van der Waals surface area contributed by atoms with Crippen LogP contribution >= 0.6 is 12.4 Å². The second-order valence-electron chi connectivity index (χ2n) is 3.05. The lowest BCUT2D eigenvalue weighted by molar-refractivity contribution is 0.864. The minimum absolute atomic E-state index is 0. The van der Waals surface area contributed by atoms with Crippen molar-refractivity contribution in [3.05, 3.63) is 35.4 Å². The van der Waals surface area contributed by atoms with E-state index in [9.17, 15) is 0 Å². The molecule has 0 aromatic heterocycles. The average molecular weight is 212 g/mol. The zero-order valence-electron chi connectivity index (χ0n) is 8.08. The van der Waals surface area contributed by atoms with E-state index in [0.717, 1.165) is 19.0 Å². The number of halogens is 1. The van der Waals surface area contributed by atoms with Gasteiger partial charge in [-0.1, -0.05) is 24.3 Å². The summed E-state index contributed by atoms with van der Waals surface area (Å²) in [6.07, 6.45) is 0. The minimum atomic E-state index is 0. The molecule has 1 aromatic carbocycles. The van der Waals surface area contributed by atoms with Crippen LogP contribution in [0.1, 0.15) is 11.1 Å². The molecule has 1 aromatic rings. The van der Waals surface area contributed by atoms with Gasteiger partial charge < -0.3 is 10.6 Å². The van der Waals surface area contributed by atoms with Gasteiger partial charge in [-0.15, -0.1) is 12.4 Å². The molecule has 0 amide bonds. The quantitative estimate of drug-likeness (QED) is 0.679. The molecule has 0 saturated carbocycles. The lowest BCUT2D eigenvalue weighted by Gasteiger charge is -2.04. The molecular weight excluding hydrogens is 198 g/mol. The summed E-state index contributed by atoms with van der Waals surface area (Å²) in [4.78, 5) is 4.08. The van der Waals surface area contributed by atoms with Gasteiger partial charge in [0.2, 0.25) is 0 Å². The Morgan fingerprint density at radius 3 is 2.00 bits per heavy atom. The van der Waals surface area contributed by atoms with Gasteiger partial charge in [0.25, 0.3) is 0 Å². The van der Waals surface area contributed by atoms with Crippen molar-refractivity contribution in [1.82, 2.24) is 10.6 Å². The molecule has 2 rings (SSSR count). The Morgan fingerprint density at radius 1 is 1.07 bits per heavy atom. The zero-order valence-corrected chi connectivity index (χ0v) is 8.90. The molecule has 0 bridgehead atoms. The number of rotatable bonds is 0. The normalized spacial score (nSPS) is 13.9.